The summed E-state index contributed by atoms with van der Waals surface area (Å²) in [4.78, 5) is 32.0. The Hall–Kier alpha value is -7.56. The van der Waals surface area contributed by atoms with Gasteiger partial charge in [-0.05, 0) is 270 Å². The fraction of sp³-hybridized carbons (Fsp3) is 0.576. The highest BCUT2D eigenvalue weighted by atomic mass is 79.9. The van der Waals surface area contributed by atoms with E-state index in [1.54, 1.807) is 46.8 Å². The van der Waals surface area contributed by atoms with Crippen molar-refractivity contribution in [3.05, 3.63) is 173 Å². The summed E-state index contributed by atoms with van der Waals surface area (Å²) >= 11 is 9.76. The molecule has 0 saturated carbocycles. The van der Waals surface area contributed by atoms with Crippen LogP contribution in [0.2, 0.25) is 0 Å². The van der Waals surface area contributed by atoms with Gasteiger partial charge in [0.05, 0.1) is 58.9 Å². The molecule has 0 aliphatic rings. The number of phenols is 4. The van der Waals surface area contributed by atoms with E-state index in [1.165, 1.54) is 93.6 Å². The molecule has 0 heterocycles. The molecule has 0 amide bonds. The first-order chi connectivity index (χ1) is 61.7. The fourth-order valence-electron chi connectivity index (χ4n) is 11.3. The van der Waals surface area contributed by atoms with Crippen molar-refractivity contribution in [2.75, 3.05) is 27.4 Å². The smallest absolute Gasteiger partial charge is 0.460 e. The number of esters is 1. The monoisotopic (exact) mass is 2130 g/mol. The van der Waals surface area contributed by atoms with Crippen LogP contribution in [0.15, 0.2) is 72.8 Å². The highest BCUT2D eigenvalue weighted by Gasteiger charge is 2.92. The van der Waals surface area contributed by atoms with E-state index in [-0.39, 0.29) is 85.7 Å². The summed E-state index contributed by atoms with van der Waals surface area (Å²) in [5.74, 6) is -77.1. The number of phenolic OH excluding ortho intramolecular Hbond substituents is 4. The third kappa shape index (κ3) is 37.0. The number of halogens is 27. The Labute approximate surface area is 801 Å². The van der Waals surface area contributed by atoms with Gasteiger partial charge in [0.1, 0.15) is 48.9 Å². The van der Waals surface area contributed by atoms with Gasteiger partial charge in [-0.1, -0.05) is 89.7 Å². The Morgan fingerprint density at radius 3 is 0.876 bits per heavy atom. The summed E-state index contributed by atoms with van der Waals surface area (Å²) in [6, 6.07) is 20.5. The quantitative estimate of drug-likeness (QED) is 0.00544. The minimum absolute atomic E-state index is 0.0189. The number of ether oxygens (including phenoxy) is 7. The van der Waals surface area contributed by atoms with Gasteiger partial charge in [-0.25, -0.2) is 4.79 Å². The number of alkyl halides is 27. The van der Waals surface area contributed by atoms with Gasteiger partial charge in [-0.15, -0.1) is 0 Å². The Kier molecular flexibility index (Phi) is 49.1. The highest BCUT2D eigenvalue weighted by Crippen LogP contribution is 2.63. The van der Waals surface area contributed by atoms with Gasteiger partial charge >= 0.3 is 77.5 Å². The number of hydrogen-bond donors (Lipinski definition) is 6. The predicted molar refractivity (Wildman–Crippen MR) is 477 cm³/mol. The Balaban J connectivity index is 0.00000187. The number of unbranched alkanes of at least 4 members (excludes halogenated alkanes) is 2. The van der Waals surface area contributed by atoms with Crippen LogP contribution >= 0.6 is 52.1 Å². The van der Waals surface area contributed by atoms with E-state index in [2.05, 4.69) is 120 Å². The summed E-state index contributed by atoms with van der Waals surface area (Å²) in [6.07, 6.45) is -24.7. The van der Waals surface area contributed by atoms with Gasteiger partial charge < -0.3 is 58.7 Å². The minimum Gasteiger partial charge on any atom is -0.508 e. The predicted octanol–water partition coefficient (Wildman–Crippen LogP) is 28.7. The van der Waals surface area contributed by atoms with E-state index in [9.17, 15) is 149 Å². The minimum atomic E-state index is -8.08. The normalized spacial score (nSPS) is 12.8. The van der Waals surface area contributed by atoms with Gasteiger partial charge in [0.25, 0.3) is 0 Å². The molecular weight excluding hydrogens is 2020 g/mol. The number of hydrogen-bond acceptors (Lipinski definition) is 18. The second kappa shape index (κ2) is 51.9. The van der Waals surface area contributed by atoms with E-state index in [0.717, 1.165) is 49.1 Å². The van der Waals surface area contributed by atoms with Crippen LogP contribution in [0.25, 0.3) is 0 Å². The number of benzene rings is 6. The summed E-state index contributed by atoms with van der Waals surface area (Å²) in [7, 11) is 2.33. The van der Waals surface area contributed by atoms with Crippen LogP contribution in [0.1, 0.15) is 213 Å². The maximum absolute atomic E-state index is 14.0. The molecule has 0 radical (unpaired) electrons. The van der Waals surface area contributed by atoms with Crippen molar-refractivity contribution in [1.29, 1.82) is 0 Å². The van der Waals surface area contributed by atoms with Crippen molar-refractivity contribution >= 4 is 68.3 Å². The molecule has 0 aromatic heterocycles. The molecule has 6 rings (SSSR count). The highest BCUT2D eigenvalue weighted by molar-refractivity contribution is 9.10. The number of carbonyl (C=O) groups excluding carboxylic acids is 3. The van der Waals surface area contributed by atoms with Crippen molar-refractivity contribution in [2.24, 2.45) is 0 Å². The van der Waals surface area contributed by atoms with Crippen LogP contribution in [0.5, 0.6) is 34.5 Å². The molecule has 137 heavy (non-hydrogen) atoms. The van der Waals surface area contributed by atoms with Crippen molar-refractivity contribution in [3.63, 3.8) is 0 Å². The topological polar surface area (TPSA) is 217 Å². The van der Waals surface area contributed by atoms with E-state index in [1.807, 2.05) is 53.7 Å². The van der Waals surface area contributed by atoms with Gasteiger partial charge in [0, 0.05) is 50.5 Å². The van der Waals surface area contributed by atoms with Gasteiger partial charge in [0.15, 0.2) is 10.2 Å². The lowest BCUT2D eigenvalue weighted by Crippen LogP contribution is -2.70. The molecule has 0 spiro atoms. The lowest BCUT2D eigenvalue weighted by atomic mass is 9.92. The average molecular weight is 2130 g/mol. The zero-order chi connectivity index (χ0) is 108. The second-order valence-electron chi connectivity index (χ2n) is 33.2. The van der Waals surface area contributed by atoms with E-state index in [0.29, 0.717) is 35.2 Å². The van der Waals surface area contributed by atoms with Crippen LogP contribution < -0.4 is 9.47 Å². The zero-order valence-electron chi connectivity index (χ0n) is 79.5. The summed E-state index contributed by atoms with van der Waals surface area (Å²) in [5, 5.41) is 47.1. The largest absolute Gasteiger partial charge is 0.508 e. The van der Waals surface area contributed by atoms with E-state index < -0.39 is 139 Å². The van der Waals surface area contributed by atoms with Crippen molar-refractivity contribution in [3.8, 4) is 34.5 Å². The Morgan fingerprint density at radius 2 is 0.620 bits per heavy atom. The Morgan fingerprint density at radius 1 is 0.365 bits per heavy atom. The first-order valence-corrected chi connectivity index (χ1v) is 44.0. The molecule has 0 fully saturated rings. The van der Waals surface area contributed by atoms with Gasteiger partial charge in [-0.3, -0.25) is 9.59 Å². The third-order valence-corrected chi connectivity index (χ3v) is 21.9. The van der Waals surface area contributed by atoms with Crippen LogP contribution in [-0.4, -0.2) is 160 Å². The first kappa shape index (κ1) is 129. The van der Waals surface area contributed by atoms with Crippen molar-refractivity contribution in [1.82, 2.24) is 0 Å². The molecule has 15 nitrogen and oxygen atoms in total. The molecule has 0 aliphatic carbocycles. The number of carbonyl (C=O) groups is 3. The number of aromatic hydroxyl groups is 4. The van der Waals surface area contributed by atoms with Crippen LogP contribution in [0.3, 0.4) is 0 Å². The average Bonchev–Trinajstić information content (AvgIpc) is 0.713. The maximum Gasteiger partial charge on any atom is 0.460 e. The number of methoxy groups -OCH3 is 2. The summed E-state index contributed by atoms with van der Waals surface area (Å²) in [5.41, 5.74) is 16.7. The number of aliphatic hydroxyl groups is 1. The molecule has 0 saturated heterocycles. The number of thiol groups is 1. The molecular formula is C92H117BrF26O15S3. The molecule has 0 atom stereocenters. The second-order valence-corrected chi connectivity index (χ2v) is 39.6. The standard InChI is InChI=1S/C29H26F26O3.C15H22O2S.C13H19BrO.C13H18O4S.C10H14O.C9H10O4.C3H8S/c1-14-16(57-9-5-3-7-18(30,31)20(34,35)22(38,39)24(42,43)26(46,47)28(50,51)52)11-15(13-56-2)12-17(14)58-10-6-4-8-19(32,33)21(36,37)23(40,41)25(44,45)27(48,49)29(53,54)55;1-10-7-14(8-11(2)12(10)3)9-17-15(5,6)18-13(4)16;1-9-6-12(7-10(2)11(9)3)8-15-13(4,5)14;1-8-11(15)5-10(6-12(8)16)7-17-13(3,4)18-9(2)14;1-7-4-10(6-11)5-8(2)9(7)3;1-5-7(10)3-6(4-8(5)11)9(12)13-2;1-3(2)4/h11-12H,3-10,13H2,1-2H3;7-8H,9H2,1-6H3;6-7H,8H2,1-5H3;5-6,15-16H,7H2,1-4H3;4-5,11H,6H2,1-3H3;3-4,10-11H,1-2H3;3-4H,1-2H3. The number of thioether (sulfide) groups is 2. The van der Waals surface area contributed by atoms with Crippen molar-refractivity contribution < 1.29 is 187 Å². The molecule has 45 heteroatoms. The van der Waals surface area contributed by atoms with Crippen molar-refractivity contribution in [2.45, 2.75) is 315 Å². The van der Waals surface area contributed by atoms with Crippen LogP contribution in [0.4, 0.5) is 114 Å². The molecule has 6 aromatic carbocycles. The van der Waals surface area contributed by atoms with E-state index in [4.69, 9.17) is 33.5 Å². The number of aliphatic hydroxyl groups excluding tert-OH is 1. The molecule has 782 valence electrons. The van der Waals surface area contributed by atoms with Gasteiger partial charge in [-0.2, -0.15) is 127 Å². The SMILES string of the molecule is CC(=O)SC(C)(C)OCc1cc(C)c(C)c(C)c1.CC(=O)SC(C)(C)OCc1cc(O)c(C)c(O)c1.CC(C)S.COC(=O)c1cc(O)c(C)c(O)c1.COCc1cc(OCCCCC(F)(F)C(F)(F)C(F)(F)C(F)(F)C(F)(F)C(F)(F)F)c(C)c(OCCCCC(F)(F)C(F)(F)C(F)(F)C(F)(F)C(F)(F)C(F)(F)F)c1.Cc1cc(CO)cc(C)c1C.Cc1cc(COC(C)(C)Br)cc(C)c1C. The van der Waals surface area contributed by atoms with Crippen LogP contribution in [-0.2, 0) is 66.3 Å². The van der Waals surface area contributed by atoms with Gasteiger partial charge in [0.2, 0.25) is 0 Å². The Bertz CT molecular complexity index is 4600. The molecule has 6 aromatic rings. The molecule has 0 bridgehead atoms. The maximum atomic E-state index is 14.0. The van der Waals surface area contributed by atoms with Crippen LogP contribution in [0, 0.1) is 83.1 Å². The third-order valence-electron chi connectivity index (χ3n) is 19.8. The van der Waals surface area contributed by atoms with E-state index >= 15 is 0 Å². The summed E-state index contributed by atoms with van der Waals surface area (Å²) in [6.45, 7) is 41.4. The summed E-state index contributed by atoms with van der Waals surface area (Å²) < 4.78 is 382. The zero-order valence-corrected chi connectivity index (χ0v) is 83.6. The molecule has 0 aliphatic heterocycles. The lowest BCUT2D eigenvalue weighted by molar-refractivity contribution is -0.440. The number of rotatable bonds is 35. The molecule has 5 N–H and O–H groups in total. The lowest BCUT2D eigenvalue weighted by Gasteiger charge is -2.39. The first-order valence-electron chi connectivity index (χ1n) is 41.1. The molecule has 0 unspecified atom stereocenters. The number of aryl methyl sites for hydroxylation is 6. The fourth-order valence-corrected chi connectivity index (χ4v) is 13.1.